The molecule has 0 aromatic heterocycles. The Morgan fingerprint density at radius 2 is 1.80 bits per heavy atom. The van der Waals surface area contributed by atoms with Crippen molar-refractivity contribution in [1.82, 2.24) is 0 Å². The normalized spacial score (nSPS) is 34.4. The van der Waals surface area contributed by atoms with Crippen LogP contribution < -0.4 is 0 Å². The molecule has 1 nitrogen and oxygen atoms in total. The van der Waals surface area contributed by atoms with Crippen molar-refractivity contribution < 1.29 is 5.11 Å². The SMILES string of the molecule is CC(C)CC(O)CC1CCC(C)C(C)C1. The van der Waals surface area contributed by atoms with Crippen molar-refractivity contribution in [2.45, 2.75) is 65.9 Å². The monoisotopic (exact) mass is 212 g/mol. The predicted octanol–water partition coefficient (Wildman–Crippen LogP) is 3.86. The Kier molecular flexibility index (Phi) is 5.11. The predicted molar refractivity (Wildman–Crippen MR) is 65.7 cm³/mol. The molecule has 0 aliphatic heterocycles. The molecule has 0 heterocycles. The summed E-state index contributed by atoms with van der Waals surface area (Å²) in [5.74, 6) is 3.16. The Labute approximate surface area is 95.3 Å². The first-order chi connectivity index (χ1) is 6.99. The van der Waals surface area contributed by atoms with Gasteiger partial charge in [-0.3, -0.25) is 0 Å². The van der Waals surface area contributed by atoms with Crippen molar-refractivity contribution in [3.05, 3.63) is 0 Å². The van der Waals surface area contributed by atoms with Gasteiger partial charge in [-0.1, -0.05) is 40.5 Å². The molecule has 1 aliphatic carbocycles. The van der Waals surface area contributed by atoms with Crippen molar-refractivity contribution in [1.29, 1.82) is 0 Å². The molecular weight excluding hydrogens is 184 g/mol. The van der Waals surface area contributed by atoms with Gasteiger partial charge in [0.2, 0.25) is 0 Å². The second-order valence-electron chi connectivity index (χ2n) is 6.15. The van der Waals surface area contributed by atoms with Crippen LogP contribution in [0.4, 0.5) is 0 Å². The van der Waals surface area contributed by atoms with E-state index in [4.69, 9.17) is 0 Å². The molecule has 0 saturated heterocycles. The second-order valence-corrected chi connectivity index (χ2v) is 6.15. The van der Waals surface area contributed by atoms with E-state index in [1.54, 1.807) is 0 Å². The van der Waals surface area contributed by atoms with Crippen molar-refractivity contribution >= 4 is 0 Å². The lowest BCUT2D eigenvalue weighted by Gasteiger charge is -2.33. The fraction of sp³-hybridized carbons (Fsp3) is 1.00. The number of rotatable bonds is 4. The molecule has 1 fully saturated rings. The third-order valence-electron chi connectivity index (χ3n) is 4.06. The quantitative estimate of drug-likeness (QED) is 0.750. The van der Waals surface area contributed by atoms with E-state index < -0.39 is 0 Å². The summed E-state index contributed by atoms with van der Waals surface area (Å²) >= 11 is 0. The van der Waals surface area contributed by atoms with E-state index in [2.05, 4.69) is 27.7 Å². The van der Waals surface area contributed by atoms with Gasteiger partial charge in [0.15, 0.2) is 0 Å². The van der Waals surface area contributed by atoms with Crippen LogP contribution in [0.2, 0.25) is 0 Å². The van der Waals surface area contributed by atoms with E-state index in [1.165, 1.54) is 19.3 Å². The molecule has 1 aliphatic rings. The number of hydrogen-bond donors (Lipinski definition) is 1. The molecule has 0 aromatic rings. The van der Waals surface area contributed by atoms with Crippen LogP contribution >= 0.6 is 0 Å². The minimum absolute atomic E-state index is 0.0596. The Bertz CT molecular complexity index is 176. The van der Waals surface area contributed by atoms with Gasteiger partial charge in [0, 0.05) is 0 Å². The van der Waals surface area contributed by atoms with E-state index in [0.717, 1.165) is 30.6 Å². The summed E-state index contributed by atoms with van der Waals surface area (Å²) in [7, 11) is 0. The van der Waals surface area contributed by atoms with Crippen LogP contribution in [0.5, 0.6) is 0 Å². The fourth-order valence-electron chi connectivity index (χ4n) is 2.90. The summed E-state index contributed by atoms with van der Waals surface area (Å²) in [6, 6.07) is 0. The van der Waals surface area contributed by atoms with Gasteiger partial charge in [-0.2, -0.15) is 0 Å². The minimum atomic E-state index is -0.0596. The Morgan fingerprint density at radius 3 is 2.33 bits per heavy atom. The summed E-state index contributed by atoms with van der Waals surface area (Å²) in [6.07, 6.45) is 5.97. The molecule has 1 saturated carbocycles. The van der Waals surface area contributed by atoms with Crippen LogP contribution in [-0.4, -0.2) is 11.2 Å². The molecule has 1 heteroatoms. The standard InChI is InChI=1S/C14H28O/c1-10(2)7-14(15)9-13-6-5-11(3)12(4)8-13/h10-15H,5-9H2,1-4H3. The molecule has 0 radical (unpaired) electrons. The largest absolute Gasteiger partial charge is 0.393 e. The minimum Gasteiger partial charge on any atom is -0.393 e. The highest BCUT2D eigenvalue weighted by atomic mass is 16.3. The van der Waals surface area contributed by atoms with E-state index in [9.17, 15) is 5.11 Å². The first kappa shape index (κ1) is 13.0. The third-order valence-corrected chi connectivity index (χ3v) is 4.06. The smallest absolute Gasteiger partial charge is 0.0545 e. The van der Waals surface area contributed by atoms with Gasteiger partial charge >= 0.3 is 0 Å². The first-order valence-electron chi connectivity index (χ1n) is 6.67. The molecule has 0 aromatic carbocycles. The summed E-state index contributed by atoms with van der Waals surface area (Å²) in [5.41, 5.74) is 0. The lowest BCUT2D eigenvalue weighted by molar-refractivity contribution is 0.0924. The highest BCUT2D eigenvalue weighted by Gasteiger charge is 2.26. The molecule has 0 spiro atoms. The second kappa shape index (κ2) is 5.89. The maximum Gasteiger partial charge on any atom is 0.0545 e. The van der Waals surface area contributed by atoms with E-state index in [-0.39, 0.29) is 6.10 Å². The van der Waals surface area contributed by atoms with Crippen LogP contribution in [-0.2, 0) is 0 Å². The maximum absolute atomic E-state index is 9.92. The summed E-state index contributed by atoms with van der Waals surface area (Å²) in [4.78, 5) is 0. The maximum atomic E-state index is 9.92. The molecule has 0 bridgehead atoms. The molecule has 4 atom stereocenters. The van der Waals surface area contributed by atoms with Crippen molar-refractivity contribution in [2.75, 3.05) is 0 Å². The van der Waals surface area contributed by atoms with Crippen molar-refractivity contribution in [2.24, 2.45) is 23.7 Å². The molecule has 15 heavy (non-hydrogen) atoms. The zero-order valence-corrected chi connectivity index (χ0v) is 10.9. The van der Waals surface area contributed by atoms with Crippen molar-refractivity contribution in [3.8, 4) is 0 Å². The Morgan fingerprint density at radius 1 is 1.13 bits per heavy atom. The average molecular weight is 212 g/mol. The number of aliphatic hydroxyl groups excluding tert-OH is 1. The van der Waals surface area contributed by atoms with Gasteiger partial charge in [-0.25, -0.2) is 0 Å². The van der Waals surface area contributed by atoms with Crippen LogP contribution in [0.25, 0.3) is 0 Å². The van der Waals surface area contributed by atoms with E-state index >= 15 is 0 Å². The van der Waals surface area contributed by atoms with Gasteiger partial charge in [0.25, 0.3) is 0 Å². The Balaban J connectivity index is 2.27. The van der Waals surface area contributed by atoms with Gasteiger partial charge in [0.1, 0.15) is 0 Å². The highest BCUT2D eigenvalue weighted by molar-refractivity contribution is 4.77. The Hall–Kier alpha value is -0.0400. The highest BCUT2D eigenvalue weighted by Crippen LogP contribution is 2.35. The lowest BCUT2D eigenvalue weighted by Crippen LogP contribution is -2.24. The first-order valence-corrected chi connectivity index (χ1v) is 6.67. The van der Waals surface area contributed by atoms with Crippen LogP contribution in [0.15, 0.2) is 0 Å². The van der Waals surface area contributed by atoms with Crippen molar-refractivity contribution in [3.63, 3.8) is 0 Å². The van der Waals surface area contributed by atoms with E-state index in [0.29, 0.717) is 5.92 Å². The number of aliphatic hydroxyl groups is 1. The third kappa shape index (κ3) is 4.55. The zero-order valence-electron chi connectivity index (χ0n) is 10.9. The molecule has 1 rings (SSSR count). The van der Waals surface area contributed by atoms with E-state index in [1.807, 2.05) is 0 Å². The van der Waals surface area contributed by atoms with Crippen LogP contribution in [0, 0.1) is 23.7 Å². The molecule has 1 N–H and O–H groups in total. The molecule has 4 unspecified atom stereocenters. The lowest BCUT2D eigenvalue weighted by atomic mass is 9.74. The van der Waals surface area contributed by atoms with Gasteiger partial charge in [-0.15, -0.1) is 0 Å². The number of hydrogen-bond acceptors (Lipinski definition) is 1. The molecule has 0 amide bonds. The van der Waals surface area contributed by atoms with Crippen LogP contribution in [0.1, 0.15) is 59.8 Å². The van der Waals surface area contributed by atoms with Gasteiger partial charge in [0.05, 0.1) is 6.10 Å². The zero-order chi connectivity index (χ0) is 11.4. The van der Waals surface area contributed by atoms with Crippen LogP contribution in [0.3, 0.4) is 0 Å². The molecule has 90 valence electrons. The fourth-order valence-corrected chi connectivity index (χ4v) is 2.90. The van der Waals surface area contributed by atoms with Gasteiger partial charge in [-0.05, 0) is 42.9 Å². The summed E-state index contributed by atoms with van der Waals surface area (Å²) in [5, 5.41) is 9.92. The van der Waals surface area contributed by atoms with Gasteiger partial charge < -0.3 is 5.11 Å². The summed E-state index contributed by atoms with van der Waals surface area (Å²) in [6.45, 7) is 9.11. The molecular formula is C14H28O. The average Bonchev–Trinajstić information content (AvgIpc) is 2.10. The summed E-state index contributed by atoms with van der Waals surface area (Å²) < 4.78 is 0. The topological polar surface area (TPSA) is 20.2 Å².